The minimum Gasteiger partial charge on any atom is -0.422 e. The van der Waals surface area contributed by atoms with E-state index in [0.717, 1.165) is 0 Å². The Hall–Kier alpha value is 0.0500. The zero-order valence-electron chi connectivity index (χ0n) is 16.2. The van der Waals surface area contributed by atoms with Gasteiger partial charge < -0.3 is 23.3 Å². The molecule has 2 heterocycles. The van der Waals surface area contributed by atoms with Gasteiger partial charge >= 0.3 is 14.4 Å². The number of ether oxygens (including phenoxy) is 3. The van der Waals surface area contributed by atoms with Crippen LogP contribution in [0.1, 0.15) is 10.4 Å². The molecule has 174 valence electrons. The molecule has 31 heavy (non-hydrogen) atoms. The summed E-state index contributed by atoms with van der Waals surface area (Å²) < 4.78 is 46.9. The number of carbonyl (C=O) groups excluding carboxylic acids is 1. The van der Waals surface area contributed by atoms with Gasteiger partial charge in [0, 0.05) is 5.56 Å². The maximum absolute atomic E-state index is 10.9. The first kappa shape index (κ1) is 25.7. The van der Waals surface area contributed by atoms with E-state index in [1.54, 1.807) is 24.3 Å². The molecule has 0 radical (unpaired) electrons. The third kappa shape index (κ3) is 8.40. The van der Waals surface area contributed by atoms with Crippen molar-refractivity contribution in [3.63, 3.8) is 0 Å². The van der Waals surface area contributed by atoms with Gasteiger partial charge in [0.2, 0.25) is 0 Å². The van der Waals surface area contributed by atoms with E-state index < -0.39 is 20.4 Å². The van der Waals surface area contributed by atoms with Crippen LogP contribution in [0, 0.1) is 0 Å². The molecule has 0 aromatic heterocycles. The van der Waals surface area contributed by atoms with E-state index >= 15 is 0 Å². The second-order valence-electron chi connectivity index (χ2n) is 5.97. The van der Waals surface area contributed by atoms with E-state index in [1.807, 2.05) is 0 Å². The second kappa shape index (κ2) is 12.0. The summed E-state index contributed by atoms with van der Waals surface area (Å²) >= 11 is 19.3. The lowest BCUT2D eigenvalue weighted by Crippen LogP contribution is -2.13. The number of hydrogen-bond acceptors (Lipinski definition) is 10. The highest BCUT2D eigenvalue weighted by Gasteiger charge is 2.39. The van der Waals surface area contributed by atoms with Gasteiger partial charge in [-0.1, -0.05) is 0 Å². The lowest BCUT2D eigenvalue weighted by atomic mass is 10.2. The van der Waals surface area contributed by atoms with Gasteiger partial charge in [0.1, 0.15) is 12.0 Å². The molecule has 1 aromatic carbocycles. The molecule has 0 saturated carbocycles. The van der Waals surface area contributed by atoms with E-state index in [4.69, 9.17) is 61.5 Å². The standard InChI is InChI=1S/C15H21Cl3N3O7P3/c16-29(17)19-30(18)21-31(20-29,28-15-3-1-14(13-22)2-4-15)27-12-10-25-8-6-23-5-7-24-9-11-26-30/h1-4,13H,5-12H2. The molecular formula is C15H21Cl3N3O7P3. The molecule has 2 unspecified atom stereocenters. The Bertz CT molecular complexity index is 926. The molecule has 0 aliphatic carbocycles. The summed E-state index contributed by atoms with van der Waals surface area (Å²) in [6, 6.07) is 6.32. The van der Waals surface area contributed by atoms with Crippen LogP contribution >= 0.6 is 54.1 Å². The summed E-state index contributed by atoms with van der Waals surface area (Å²) in [6.45, 7) is -1.07. The zero-order chi connectivity index (χ0) is 22.2. The first-order chi connectivity index (χ1) is 14.8. The Morgan fingerprint density at radius 1 is 0.774 bits per heavy atom. The van der Waals surface area contributed by atoms with Crippen LogP contribution in [0.25, 0.3) is 0 Å². The van der Waals surface area contributed by atoms with Crippen LogP contribution in [0.4, 0.5) is 0 Å². The van der Waals surface area contributed by atoms with Gasteiger partial charge in [0.05, 0.1) is 52.9 Å². The van der Waals surface area contributed by atoms with Gasteiger partial charge in [-0.3, -0.25) is 9.32 Å². The molecule has 2 atom stereocenters. The Morgan fingerprint density at radius 2 is 1.32 bits per heavy atom. The van der Waals surface area contributed by atoms with Crippen LogP contribution in [0.5, 0.6) is 5.75 Å². The predicted octanol–water partition coefficient (Wildman–Crippen LogP) is 6.54. The molecule has 0 fully saturated rings. The van der Waals surface area contributed by atoms with Gasteiger partial charge in [0.25, 0.3) is 5.91 Å². The van der Waals surface area contributed by atoms with Gasteiger partial charge in [0.15, 0.2) is 0 Å². The van der Waals surface area contributed by atoms with Crippen molar-refractivity contribution in [1.29, 1.82) is 0 Å². The maximum Gasteiger partial charge on any atom is 0.400 e. The summed E-state index contributed by atoms with van der Waals surface area (Å²) in [7, 11) is -3.48. The van der Waals surface area contributed by atoms with Gasteiger partial charge in [-0.15, -0.1) is 4.52 Å². The number of hydrogen-bond donors (Lipinski definition) is 0. The molecule has 16 heteroatoms. The third-order valence-electron chi connectivity index (χ3n) is 3.62. The highest BCUT2D eigenvalue weighted by atomic mass is 35.9. The Kier molecular flexibility index (Phi) is 9.90. The van der Waals surface area contributed by atoms with Gasteiger partial charge in [-0.2, -0.15) is 9.03 Å². The van der Waals surface area contributed by atoms with Crippen LogP contribution in [0.2, 0.25) is 0 Å². The van der Waals surface area contributed by atoms with Crippen molar-refractivity contribution in [1.82, 2.24) is 0 Å². The Morgan fingerprint density at radius 3 is 1.90 bits per heavy atom. The Labute approximate surface area is 194 Å². The first-order valence-corrected chi connectivity index (χ1v) is 16.7. The van der Waals surface area contributed by atoms with E-state index in [0.29, 0.717) is 44.0 Å². The highest BCUT2D eigenvalue weighted by Crippen LogP contribution is 2.84. The number of benzene rings is 1. The summed E-state index contributed by atoms with van der Waals surface area (Å²) in [5.74, 6) is -2.96. The summed E-state index contributed by atoms with van der Waals surface area (Å²) in [5, 5.41) is 0. The fraction of sp³-hybridized carbons (Fsp3) is 0.533. The molecule has 0 amide bonds. The monoisotopic (exact) mass is 553 g/mol. The molecule has 1 aromatic rings. The van der Waals surface area contributed by atoms with Crippen LogP contribution in [0.3, 0.4) is 0 Å². The summed E-state index contributed by atoms with van der Waals surface area (Å²) in [4.78, 5) is 10.9. The van der Waals surface area contributed by atoms with Crippen molar-refractivity contribution >= 4 is 60.4 Å². The fourth-order valence-electron chi connectivity index (χ4n) is 2.34. The quantitative estimate of drug-likeness (QED) is 0.308. The molecular weight excluding hydrogens is 533 g/mol. The van der Waals surface area contributed by atoms with Crippen molar-refractivity contribution in [3.05, 3.63) is 29.8 Å². The minimum atomic E-state index is -3.48. The van der Waals surface area contributed by atoms with Crippen LogP contribution in [0.15, 0.2) is 37.8 Å². The van der Waals surface area contributed by atoms with E-state index in [1.165, 1.54) is 0 Å². The van der Waals surface area contributed by atoms with Gasteiger partial charge in [-0.05, 0) is 58.0 Å². The van der Waals surface area contributed by atoms with Crippen LogP contribution in [-0.2, 0) is 23.3 Å². The lowest BCUT2D eigenvalue weighted by molar-refractivity contribution is 0.00518. The first-order valence-electron chi connectivity index (χ1n) is 9.11. The topological polar surface area (TPSA) is 110 Å². The predicted molar refractivity (Wildman–Crippen MR) is 122 cm³/mol. The molecule has 3 rings (SSSR count). The number of carbonyl (C=O) groups is 1. The molecule has 2 aliphatic rings. The SMILES string of the molecule is O=Cc1ccc(OP23=NP(Cl)(=NP(Cl)(Cl)=N2)OCCOCCOCCOCCO3)cc1. The molecule has 2 bridgehead atoms. The van der Waals surface area contributed by atoms with Crippen molar-refractivity contribution in [2.45, 2.75) is 0 Å². The largest absolute Gasteiger partial charge is 0.422 e. The van der Waals surface area contributed by atoms with Gasteiger partial charge in [-0.25, -0.2) is 0 Å². The summed E-state index contributed by atoms with van der Waals surface area (Å²) in [5.41, 5.74) is 0.476. The maximum atomic E-state index is 10.9. The number of aldehydes is 1. The smallest absolute Gasteiger partial charge is 0.400 e. The van der Waals surface area contributed by atoms with E-state index in [2.05, 4.69) is 13.5 Å². The fourth-order valence-corrected chi connectivity index (χ4v) is 14.9. The average molecular weight is 555 g/mol. The number of rotatable bonds is 3. The van der Waals surface area contributed by atoms with E-state index in [9.17, 15) is 4.79 Å². The molecule has 0 saturated heterocycles. The van der Waals surface area contributed by atoms with E-state index in [-0.39, 0.29) is 26.4 Å². The number of halogens is 3. The molecule has 10 nitrogen and oxygen atoms in total. The molecule has 0 N–H and O–H groups in total. The lowest BCUT2D eigenvalue weighted by Gasteiger charge is -2.28. The highest BCUT2D eigenvalue weighted by molar-refractivity contribution is 8.14. The Balaban J connectivity index is 1.93. The average Bonchev–Trinajstić information content (AvgIpc) is 2.70. The third-order valence-corrected chi connectivity index (χ3v) is 14.3. The van der Waals surface area contributed by atoms with Crippen molar-refractivity contribution in [3.8, 4) is 5.75 Å². The second-order valence-corrected chi connectivity index (χ2v) is 16.3. The molecule has 0 spiro atoms. The van der Waals surface area contributed by atoms with Crippen molar-refractivity contribution in [2.24, 2.45) is 13.5 Å². The normalized spacial score (nSPS) is 30.2. The van der Waals surface area contributed by atoms with Crippen LogP contribution in [-0.4, -0.2) is 59.1 Å². The molecule has 2 aliphatic heterocycles. The van der Waals surface area contributed by atoms with Crippen molar-refractivity contribution in [2.75, 3.05) is 52.9 Å². The summed E-state index contributed by atoms with van der Waals surface area (Å²) in [6.07, 6.45) is 0.717. The number of fused-ring (bicyclic) bond motifs is 1. The zero-order valence-corrected chi connectivity index (χ0v) is 21.2. The van der Waals surface area contributed by atoms with Crippen LogP contribution < -0.4 is 4.52 Å². The number of nitrogens with zero attached hydrogens (tertiary/aromatic N) is 3. The minimum absolute atomic E-state index is 0.0843. The van der Waals surface area contributed by atoms with Crippen molar-refractivity contribution < 1.29 is 32.6 Å².